The van der Waals surface area contributed by atoms with Gasteiger partial charge in [0, 0.05) is 17.8 Å². The molecule has 2 aromatic rings. The number of amides is 2. The Hall–Kier alpha value is -2.44. The molecule has 2 N–H and O–H groups in total. The lowest BCUT2D eigenvalue weighted by atomic mass is 9.95. The fraction of sp³-hybridized carbons (Fsp3) is 0.350. The third-order valence-electron chi connectivity index (χ3n) is 4.85. The number of para-hydroxylation sites is 1. The average Bonchev–Trinajstić information content (AvgIpc) is 2.70. The van der Waals surface area contributed by atoms with Gasteiger partial charge in [-0.25, -0.2) is 4.98 Å². The second-order valence-electron chi connectivity index (χ2n) is 6.69. The summed E-state index contributed by atoms with van der Waals surface area (Å²) in [5.41, 5.74) is 0.791. The van der Waals surface area contributed by atoms with Crippen molar-refractivity contribution in [3.8, 4) is 0 Å². The molecule has 7 heteroatoms. The van der Waals surface area contributed by atoms with Gasteiger partial charge in [0.05, 0.1) is 11.1 Å². The van der Waals surface area contributed by atoms with Gasteiger partial charge in [0.1, 0.15) is 5.82 Å². The fourth-order valence-electron chi connectivity index (χ4n) is 3.16. The van der Waals surface area contributed by atoms with Crippen molar-refractivity contribution in [2.24, 2.45) is 5.92 Å². The maximum Gasteiger partial charge on any atom is 0.241 e. The van der Waals surface area contributed by atoms with E-state index in [4.69, 9.17) is 11.6 Å². The second kappa shape index (κ2) is 8.97. The lowest BCUT2D eigenvalue weighted by Crippen LogP contribution is -2.47. The monoisotopic (exact) mass is 386 g/mol. The van der Waals surface area contributed by atoms with E-state index in [0.717, 1.165) is 5.69 Å². The molecule has 0 radical (unpaired) electrons. The zero-order valence-corrected chi connectivity index (χ0v) is 15.9. The van der Waals surface area contributed by atoms with Crippen LogP contribution in [-0.4, -0.2) is 40.8 Å². The first-order valence-electron chi connectivity index (χ1n) is 9.05. The van der Waals surface area contributed by atoms with Gasteiger partial charge in [0.15, 0.2) is 0 Å². The predicted octanol–water partition coefficient (Wildman–Crippen LogP) is 3.41. The third kappa shape index (κ3) is 5.28. The van der Waals surface area contributed by atoms with Gasteiger partial charge in [-0.1, -0.05) is 29.8 Å². The summed E-state index contributed by atoms with van der Waals surface area (Å²) < 4.78 is 0. The van der Waals surface area contributed by atoms with Gasteiger partial charge in [0.25, 0.3) is 0 Å². The summed E-state index contributed by atoms with van der Waals surface area (Å²) in [7, 11) is 0. The molecule has 2 heterocycles. The smallest absolute Gasteiger partial charge is 0.241 e. The van der Waals surface area contributed by atoms with E-state index >= 15 is 0 Å². The number of halogens is 1. The van der Waals surface area contributed by atoms with Gasteiger partial charge in [-0.2, -0.15) is 0 Å². The number of carbonyl (C=O) groups excluding carboxylic acids is 2. The summed E-state index contributed by atoms with van der Waals surface area (Å²) in [6.45, 7) is 3.31. The van der Waals surface area contributed by atoms with Gasteiger partial charge in [-0.15, -0.1) is 0 Å². The molecule has 1 aliphatic heterocycles. The summed E-state index contributed by atoms with van der Waals surface area (Å²) in [6.07, 6.45) is 2.93. The topological polar surface area (TPSA) is 74.3 Å². The first-order valence-corrected chi connectivity index (χ1v) is 9.43. The summed E-state index contributed by atoms with van der Waals surface area (Å²) >= 11 is 5.81. The Morgan fingerprint density at radius 2 is 1.81 bits per heavy atom. The number of pyridine rings is 1. The summed E-state index contributed by atoms with van der Waals surface area (Å²) in [6, 6.07) is 12.6. The fourth-order valence-corrected chi connectivity index (χ4v) is 3.27. The van der Waals surface area contributed by atoms with Crippen molar-refractivity contribution < 1.29 is 9.59 Å². The zero-order chi connectivity index (χ0) is 19.2. The van der Waals surface area contributed by atoms with Crippen molar-refractivity contribution in [1.82, 2.24) is 9.88 Å². The number of hydrogen-bond donors (Lipinski definition) is 2. The van der Waals surface area contributed by atoms with Gasteiger partial charge >= 0.3 is 0 Å². The Balaban J connectivity index is 1.48. The standard InChI is InChI=1S/C20H23ClN4O2/c1-14(19(26)23-17-5-3-2-4-6-17)25-11-9-15(10-12-25)20(27)24-18-8-7-16(21)13-22-18/h2-8,13-15H,9-12H2,1H3,(H,23,26)(H,22,24,27). The van der Waals surface area contributed by atoms with Crippen LogP contribution in [-0.2, 0) is 9.59 Å². The molecule has 0 aliphatic carbocycles. The second-order valence-corrected chi connectivity index (χ2v) is 7.13. The van der Waals surface area contributed by atoms with E-state index in [1.54, 1.807) is 12.1 Å². The molecule has 1 aromatic heterocycles. The van der Waals surface area contributed by atoms with Crippen molar-refractivity contribution in [3.63, 3.8) is 0 Å². The maximum absolute atomic E-state index is 12.4. The number of anilines is 2. The first-order chi connectivity index (χ1) is 13.0. The van der Waals surface area contributed by atoms with E-state index in [1.807, 2.05) is 37.3 Å². The normalized spacial score (nSPS) is 16.5. The maximum atomic E-state index is 12.4. The van der Waals surface area contributed by atoms with Crippen LogP contribution < -0.4 is 10.6 Å². The molecule has 1 atom stereocenters. The number of nitrogens with zero attached hydrogens (tertiary/aromatic N) is 2. The van der Waals surface area contributed by atoms with Crippen LogP contribution in [0.1, 0.15) is 19.8 Å². The molecular weight excluding hydrogens is 364 g/mol. The molecule has 0 spiro atoms. The highest BCUT2D eigenvalue weighted by atomic mass is 35.5. The van der Waals surface area contributed by atoms with Crippen LogP contribution in [0.2, 0.25) is 5.02 Å². The van der Waals surface area contributed by atoms with Crippen molar-refractivity contribution in [2.75, 3.05) is 23.7 Å². The van der Waals surface area contributed by atoms with E-state index in [0.29, 0.717) is 36.8 Å². The average molecular weight is 387 g/mol. The minimum absolute atomic E-state index is 0.0329. The molecule has 0 saturated carbocycles. The van der Waals surface area contributed by atoms with Crippen molar-refractivity contribution >= 4 is 34.9 Å². The van der Waals surface area contributed by atoms with Crippen LogP contribution in [0.3, 0.4) is 0 Å². The highest BCUT2D eigenvalue weighted by Crippen LogP contribution is 2.21. The van der Waals surface area contributed by atoms with Crippen LogP contribution >= 0.6 is 11.6 Å². The Bertz CT molecular complexity index is 774. The largest absolute Gasteiger partial charge is 0.325 e. The predicted molar refractivity (Wildman–Crippen MR) is 107 cm³/mol. The number of aromatic nitrogens is 1. The molecule has 1 aromatic carbocycles. The van der Waals surface area contributed by atoms with Gasteiger partial charge in [-0.3, -0.25) is 14.5 Å². The Morgan fingerprint density at radius 1 is 1.11 bits per heavy atom. The molecule has 0 bridgehead atoms. The summed E-state index contributed by atoms with van der Waals surface area (Å²) in [5, 5.41) is 6.29. The van der Waals surface area contributed by atoms with E-state index in [1.165, 1.54) is 6.20 Å². The van der Waals surface area contributed by atoms with Crippen molar-refractivity contribution in [3.05, 3.63) is 53.7 Å². The summed E-state index contributed by atoms with van der Waals surface area (Å²) in [5.74, 6) is 0.353. The number of piperidine rings is 1. The molecule has 1 fully saturated rings. The van der Waals surface area contributed by atoms with Crippen LogP contribution in [0.25, 0.3) is 0 Å². The Morgan fingerprint density at radius 3 is 2.44 bits per heavy atom. The van der Waals surface area contributed by atoms with Crippen LogP contribution in [0, 0.1) is 5.92 Å². The SMILES string of the molecule is CC(C(=O)Nc1ccccc1)N1CCC(C(=O)Nc2ccc(Cl)cn2)CC1. The van der Waals surface area contributed by atoms with Crippen LogP contribution in [0.4, 0.5) is 11.5 Å². The minimum Gasteiger partial charge on any atom is -0.325 e. The highest BCUT2D eigenvalue weighted by molar-refractivity contribution is 6.30. The lowest BCUT2D eigenvalue weighted by Gasteiger charge is -2.34. The number of carbonyl (C=O) groups is 2. The number of rotatable bonds is 5. The highest BCUT2D eigenvalue weighted by Gasteiger charge is 2.29. The molecule has 6 nitrogen and oxygen atoms in total. The molecule has 2 amide bonds. The molecule has 27 heavy (non-hydrogen) atoms. The van der Waals surface area contributed by atoms with Gasteiger partial charge < -0.3 is 10.6 Å². The van der Waals surface area contributed by atoms with E-state index in [9.17, 15) is 9.59 Å². The van der Waals surface area contributed by atoms with Gasteiger partial charge in [0.2, 0.25) is 11.8 Å². The molecule has 142 valence electrons. The molecule has 1 aliphatic rings. The number of hydrogen-bond acceptors (Lipinski definition) is 4. The lowest BCUT2D eigenvalue weighted by molar-refractivity contribution is -0.123. The van der Waals surface area contributed by atoms with Crippen molar-refractivity contribution in [1.29, 1.82) is 0 Å². The molecule has 1 saturated heterocycles. The van der Waals surface area contributed by atoms with Crippen LogP contribution in [0.5, 0.6) is 0 Å². The van der Waals surface area contributed by atoms with E-state index in [-0.39, 0.29) is 23.8 Å². The minimum atomic E-state index is -0.243. The zero-order valence-electron chi connectivity index (χ0n) is 15.2. The molecule has 3 rings (SSSR count). The van der Waals surface area contributed by atoms with E-state index < -0.39 is 0 Å². The quantitative estimate of drug-likeness (QED) is 0.825. The van der Waals surface area contributed by atoms with Gasteiger partial charge in [-0.05, 0) is 57.1 Å². The molecular formula is C20H23ClN4O2. The Kier molecular flexibility index (Phi) is 6.42. The van der Waals surface area contributed by atoms with E-state index in [2.05, 4.69) is 20.5 Å². The molecule has 1 unspecified atom stereocenters. The van der Waals surface area contributed by atoms with Crippen LogP contribution in [0.15, 0.2) is 48.7 Å². The number of likely N-dealkylation sites (tertiary alicyclic amines) is 1. The number of nitrogens with one attached hydrogen (secondary N) is 2. The van der Waals surface area contributed by atoms with Crippen molar-refractivity contribution in [2.45, 2.75) is 25.8 Å². The Labute approximate surface area is 163 Å². The summed E-state index contributed by atoms with van der Waals surface area (Å²) in [4.78, 5) is 31.1. The first kappa shape index (κ1) is 19.3. The third-order valence-corrected chi connectivity index (χ3v) is 5.07. The number of benzene rings is 1.